The van der Waals surface area contributed by atoms with E-state index in [0.29, 0.717) is 0 Å². The summed E-state index contributed by atoms with van der Waals surface area (Å²) in [5.41, 5.74) is 2.57. The molecule has 3 nitrogen and oxygen atoms in total. The number of halogens is 1. The largest absolute Gasteiger partial charge is 0.391 e. The number of benzene rings is 1. The van der Waals surface area contributed by atoms with Crippen molar-refractivity contribution in [2.24, 2.45) is 0 Å². The summed E-state index contributed by atoms with van der Waals surface area (Å²) in [4.78, 5) is 2.23. The number of rotatable bonds is 3. The number of nitrogens with zero attached hydrogens (tertiary/aromatic N) is 1. The number of nitrogens with one attached hydrogen (secondary N) is 1. The molecule has 1 aromatic rings. The van der Waals surface area contributed by atoms with Gasteiger partial charge < -0.3 is 15.3 Å². The number of anilines is 1. The monoisotopic (exact) mass is 326 g/mol. The van der Waals surface area contributed by atoms with Gasteiger partial charge in [-0.1, -0.05) is 6.07 Å². The minimum absolute atomic E-state index is 0.129. The predicted molar refractivity (Wildman–Crippen MR) is 83.6 cm³/mol. The van der Waals surface area contributed by atoms with Crippen LogP contribution in [0.25, 0.3) is 0 Å². The second-order valence-corrected chi connectivity index (χ2v) is 7.13. The molecular weight excluding hydrogens is 304 g/mol. The summed E-state index contributed by atoms with van der Waals surface area (Å²) in [5, 5.41) is 13.1. The molecule has 1 saturated heterocycles. The van der Waals surface area contributed by atoms with Gasteiger partial charge in [0.25, 0.3) is 0 Å². The first kappa shape index (κ1) is 14.8. The zero-order chi connectivity index (χ0) is 14.0. The smallest absolute Gasteiger partial charge is 0.0731 e. The molecule has 0 radical (unpaired) electrons. The van der Waals surface area contributed by atoms with Gasteiger partial charge in [-0.3, -0.25) is 0 Å². The zero-order valence-corrected chi connectivity index (χ0v) is 13.5. The first-order valence-electron chi connectivity index (χ1n) is 6.81. The van der Waals surface area contributed by atoms with Crippen molar-refractivity contribution in [1.29, 1.82) is 0 Å². The lowest BCUT2D eigenvalue weighted by Gasteiger charge is -2.22. The molecule has 1 fully saturated rings. The Morgan fingerprint density at radius 2 is 2.16 bits per heavy atom. The van der Waals surface area contributed by atoms with Crippen LogP contribution in [-0.4, -0.2) is 29.8 Å². The Balaban J connectivity index is 2.05. The van der Waals surface area contributed by atoms with Crippen LogP contribution in [0.1, 0.15) is 32.8 Å². The van der Waals surface area contributed by atoms with Gasteiger partial charge in [0.2, 0.25) is 0 Å². The van der Waals surface area contributed by atoms with Crippen molar-refractivity contribution in [1.82, 2.24) is 5.32 Å². The van der Waals surface area contributed by atoms with E-state index in [0.717, 1.165) is 30.5 Å². The molecule has 1 aliphatic heterocycles. The second-order valence-electron chi connectivity index (χ2n) is 6.28. The standard InChI is InChI=1S/C15H23BrN2O/c1-15(2,3)17-9-11-4-5-14(13(16)8-11)18-7-6-12(19)10-18/h4-5,8,12,17,19H,6-7,9-10H2,1-3H3. The molecule has 0 amide bonds. The van der Waals surface area contributed by atoms with Crippen molar-refractivity contribution in [3.05, 3.63) is 28.2 Å². The third-order valence-electron chi connectivity index (χ3n) is 3.34. The molecule has 4 heteroatoms. The lowest BCUT2D eigenvalue weighted by Crippen LogP contribution is -2.35. The number of hydrogen-bond donors (Lipinski definition) is 2. The molecule has 106 valence electrons. The van der Waals surface area contributed by atoms with Gasteiger partial charge >= 0.3 is 0 Å². The Morgan fingerprint density at radius 3 is 2.68 bits per heavy atom. The normalized spacial score (nSPS) is 20.1. The molecule has 0 aromatic heterocycles. The molecule has 1 atom stereocenters. The summed E-state index contributed by atoms with van der Waals surface area (Å²) < 4.78 is 1.11. The highest BCUT2D eigenvalue weighted by molar-refractivity contribution is 9.10. The Hall–Kier alpha value is -0.580. The molecule has 0 aliphatic carbocycles. The molecule has 0 saturated carbocycles. The number of β-amino-alcohol motifs (C(OH)–C–C–N with tert-alkyl or cyclic N) is 1. The Kier molecular flexibility index (Phi) is 4.54. The fraction of sp³-hybridized carbons (Fsp3) is 0.600. The van der Waals surface area contributed by atoms with Crippen LogP contribution in [0.15, 0.2) is 22.7 Å². The van der Waals surface area contributed by atoms with Gasteiger partial charge in [-0.15, -0.1) is 0 Å². The summed E-state index contributed by atoms with van der Waals surface area (Å²) in [6, 6.07) is 6.46. The van der Waals surface area contributed by atoms with Gasteiger partial charge in [0, 0.05) is 29.6 Å². The minimum atomic E-state index is -0.186. The quantitative estimate of drug-likeness (QED) is 0.896. The van der Waals surface area contributed by atoms with Crippen LogP contribution in [0.3, 0.4) is 0 Å². The molecule has 2 N–H and O–H groups in total. The van der Waals surface area contributed by atoms with Crippen molar-refractivity contribution in [3.8, 4) is 0 Å². The van der Waals surface area contributed by atoms with Crippen molar-refractivity contribution < 1.29 is 5.11 Å². The maximum Gasteiger partial charge on any atom is 0.0731 e. The van der Waals surface area contributed by atoms with Crippen LogP contribution in [0, 0.1) is 0 Å². The number of aliphatic hydroxyl groups excluding tert-OH is 1. The Bertz CT molecular complexity index is 442. The topological polar surface area (TPSA) is 35.5 Å². The van der Waals surface area contributed by atoms with Gasteiger partial charge in [0.15, 0.2) is 0 Å². The fourth-order valence-corrected chi connectivity index (χ4v) is 2.92. The molecular formula is C15H23BrN2O. The molecule has 1 unspecified atom stereocenters. The molecule has 2 rings (SSSR count). The average molecular weight is 327 g/mol. The van der Waals surface area contributed by atoms with E-state index in [-0.39, 0.29) is 11.6 Å². The predicted octanol–water partition coefficient (Wildman–Crippen LogP) is 2.91. The van der Waals surface area contributed by atoms with Gasteiger partial charge in [-0.25, -0.2) is 0 Å². The highest BCUT2D eigenvalue weighted by Crippen LogP contribution is 2.30. The molecule has 0 spiro atoms. The summed E-state index contributed by atoms with van der Waals surface area (Å²) >= 11 is 3.65. The van der Waals surface area contributed by atoms with E-state index < -0.39 is 0 Å². The van der Waals surface area contributed by atoms with Gasteiger partial charge in [-0.05, 0) is 60.8 Å². The lowest BCUT2D eigenvalue weighted by molar-refractivity contribution is 0.198. The van der Waals surface area contributed by atoms with Crippen LogP contribution in [-0.2, 0) is 6.54 Å². The third kappa shape index (κ3) is 4.20. The Labute approximate surface area is 124 Å². The van der Waals surface area contributed by atoms with Gasteiger partial charge in [0.05, 0.1) is 11.8 Å². The van der Waals surface area contributed by atoms with E-state index in [4.69, 9.17) is 0 Å². The van der Waals surface area contributed by atoms with Crippen molar-refractivity contribution in [2.75, 3.05) is 18.0 Å². The highest BCUT2D eigenvalue weighted by Gasteiger charge is 2.22. The van der Waals surface area contributed by atoms with E-state index >= 15 is 0 Å². The maximum absolute atomic E-state index is 9.61. The molecule has 19 heavy (non-hydrogen) atoms. The fourth-order valence-electron chi connectivity index (χ4n) is 2.24. The lowest BCUT2D eigenvalue weighted by atomic mass is 10.1. The number of aliphatic hydroxyl groups is 1. The van der Waals surface area contributed by atoms with Gasteiger partial charge in [-0.2, -0.15) is 0 Å². The van der Waals surface area contributed by atoms with Gasteiger partial charge in [0.1, 0.15) is 0 Å². The minimum Gasteiger partial charge on any atom is -0.391 e. The summed E-state index contributed by atoms with van der Waals surface area (Å²) in [5.74, 6) is 0. The van der Waals surface area contributed by atoms with Crippen molar-refractivity contribution in [2.45, 2.75) is 45.4 Å². The van der Waals surface area contributed by atoms with Crippen LogP contribution in [0.4, 0.5) is 5.69 Å². The first-order valence-corrected chi connectivity index (χ1v) is 7.61. The molecule has 1 heterocycles. The van der Waals surface area contributed by atoms with E-state index in [1.807, 2.05) is 0 Å². The summed E-state index contributed by atoms with van der Waals surface area (Å²) in [7, 11) is 0. The molecule has 1 aromatic carbocycles. The van der Waals surface area contributed by atoms with Crippen molar-refractivity contribution in [3.63, 3.8) is 0 Å². The maximum atomic E-state index is 9.61. The first-order chi connectivity index (χ1) is 8.85. The summed E-state index contributed by atoms with van der Waals surface area (Å²) in [6.45, 7) is 9.04. The van der Waals surface area contributed by atoms with Crippen LogP contribution >= 0.6 is 15.9 Å². The van der Waals surface area contributed by atoms with E-state index in [9.17, 15) is 5.11 Å². The van der Waals surface area contributed by atoms with E-state index in [1.165, 1.54) is 11.3 Å². The van der Waals surface area contributed by atoms with Crippen LogP contribution < -0.4 is 10.2 Å². The molecule has 0 bridgehead atoms. The van der Waals surface area contributed by atoms with E-state index in [2.05, 4.69) is 65.1 Å². The van der Waals surface area contributed by atoms with E-state index in [1.54, 1.807) is 0 Å². The zero-order valence-electron chi connectivity index (χ0n) is 11.9. The summed E-state index contributed by atoms with van der Waals surface area (Å²) in [6.07, 6.45) is 0.675. The third-order valence-corrected chi connectivity index (χ3v) is 3.97. The van der Waals surface area contributed by atoms with Crippen molar-refractivity contribution >= 4 is 21.6 Å². The average Bonchev–Trinajstić information content (AvgIpc) is 2.72. The van der Waals surface area contributed by atoms with Crippen LogP contribution in [0.2, 0.25) is 0 Å². The molecule has 1 aliphatic rings. The number of hydrogen-bond acceptors (Lipinski definition) is 3. The second kappa shape index (κ2) is 5.81. The Morgan fingerprint density at radius 1 is 1.42 bits per heavy atom. The highest BCUT2D eigenvalue weighted by atomic mass is 79.9. The van der Waals surface area contributed by atoms with Crippen LogP contribution in [0.5, 0.6) is 0 Å². The SMILES string of the molecule is CC(C)(C)NCc1ccc(N2CCC(O)C2)c(Br)c1.